The molecule has 81 valence electrons. The fraction of sp³-hybridized carbons (Fsp3) is 0.500. The van der Waals surface area contributed by atoms with E-state index < -0.39 is 0 Å². The van der Waals surface area contributed by atoms with Gasteiger partial charge in [-0.2, -0.15) is 0 Å². The van der Waals surface area contributed by atoms with Gasteiger partial charge in [-0.1, -0.05) is 21.8 Å². The van der Waals surface area contributed by atoms with Gasteiger partial charge in [0.05, 0.1) is 0 Å². The first-order valence-electron chi connectivity index (χ1n) is 3.26. The number of hydrogen-bond donors (Lipinski definition) is 0. The first kappa shape index (κ1) is 23.7. The molecule has 0 atom stereocenters. The summed E-state index contributed by atoms with van der Waals surface area (Å²) in [5.74, 6) is 2.12. The van der Waals surface area contributed by atoms with Crippen LogP contribution in [-0.2, 0) is 39.1 Å². The molecule has 0 aliphatic heterocycles. The van der Waals surface area contributed by atoms with Gasteiger partial charge in [0.25, 0.3) is 0 Å². The number of aromatic nitrogens is 3. The average molecular weight is 272 g/mol. The summed E-state index contributed by atoms with van der Waals surface area (Å²) in [5, 5.41) is 0. The van der Waals surface area contributed by atoms with Crippen LogP contribution in [0, 0.1) is 21.3 Å². The minimum Gasteiger partial charge on any atom is -0.358 e. The molecule has 0 saturated heterocycles. The topological polar surface area (TPSA) is 38.7 Å². The van der Waals surface area contributed by atoms with Gasteiger partial charge in [0.1, 0.15) is 11.6 Å². The Balaban J connectivity index is -0.000000125. The van der Waals surface area contributed by atoms with Crippen LogP contribution in [-0.4, -0.2) is 15.0 Å². The minimum atomic E-state index is 0. The Morgan fingerprint density at radius 2 is 1.64 bits per heavy atom. The molecule has 0 unspecified atom stereocenters. The Morgan fingerprint density at radius 3 is 2.00 bits per heavy atom. The van der Waals surface area contributed by atoms with Gasteiger partial charge in [0.15, 0.2) is 0 Å². The number of rotatable bonds is 1. The average Bonchev–Trinajstić information content (AvgIpc) is 1.85. The molecule has 0 spiro atoms. The van der Waals surface area contributed by atoms with E-state index in [4.69, 9.17) is 0 Å². The minimum absolute atomic E-state index is 0. The molecule has 1 rings (SSSR count). The summed E-state index contributed by atoms with van der Waals surface area (Å²) in [7, 11) is 0. The zero-order valence-electron chi connectivity index (χ0n) is 7.83. The van der Waals surface area contributed by atoms with Gasteiger partial charge < -0.3 is 14.4 Å². The molecular formula is C10H21N3Y-2. The fourth-order valence-corrected chi connectivity index (χ4v) is 0.756. The Bertz CT molecular complexity index is 219. The zero-order chi connectivity index (χ0) is 7.56. The molecule has 0 aliphatic carbocycles. The van der Waals surface area contributed by atoms with Gasteiger partial charge in [-0.3, -0.25) is 9.97 Å². The number of hydrogen-bond acceptors (Lipinski definition) is 3. The molecular weight excluding hydrogens is 251 g/mol. The molecule has 0 aromatic carbocycles. The Morgan fingerprint density at radius 1 is 1.14 bits per heavy atom. The first-order valence-corrected chi connectivity index (χ1v) is 3.26. The molecule has 1 aromatic rings. The molecule has 3 nitrogen and oxygen atoms in total. The summed E-state index contributed by atoms with van der Waals surface area (Å²) in [6, 6.07) is 0. The van der Waals surface area contributed by atoms with Crippen molar-refractivity contribution < 1.29 is 32.7 Å². The monoisotopic (exact) mass is 272 g/mol. The van der Waals surface area contributed by atoms with Crippen LogP contribution in [0.1, 0.15) is 39.3 Å². The van der Waals surface area contributed by atoms with E-state index in [-0.39, 0.29) is 55.0 Å². The van der Waals surface area contributed by atoms with Crippen molar-refractivity contribution in [1.29, 1.82) is 0 Å². The number of aryl methyl sites for hydroxylation is 2. The van der Waals surface area contributed by atoms with Crippen molar-refractivity contribution in [3.05, 3.63) is 31.8 Å². The van der Waals surface area contributed by atoms with Crippen molar-refractivity contribution in [1.82, 2.24) is 15.0 Å². The van der Waals surface area contributed by atoms with E-state index in [2.05, 4.69) is 21.9 Å². The molecule has 0 fully saturated rings. The largest absolute Gasteiger partial charge is 0.358 e. The molecule has 1 heterocycles. The molecule has 1 radical (unpaired) electrons. The van der Waals surface area contributed by atoms with Crippen molar-refractivity contribution in [3.8, 4) is 0 Å². The third-order valence-electron chi connectivity index (χ3n) is 1.16. The van der Waals surface area contributed by atoms with Crippen LogP contribution >= 0.6 is 0 Å². The smallest absolute Gasteiger partial charge is 0.129 e. The molecule has 0 aliphatic rings. The standard InChI is InChI=1S/C7H10N3.2CH4.CH3.Y/c1-4-7-9-5(2)8-6(3)10-7;;;;/h2,4H2,1,3H3;2*1H4;1H3;/q-1;;;-1;. The van der Waals surface area contributed by atoms with Crippen LogP contribution in [0.5, 0.6) is 0 Å². The van der Waals surface area contributed by atoms with Crippen LogP contribution < -0.4 is 0 Å². The van der Waals surface area contributed by atoms with E-state index in [1.54, 1.807) is 0 Å². The van der Waals surface area contributed by atoms with Crippen LogP contribution in [0.25, 0.3) is 0 Å². The molecule has 0 saturated carbocycles. The predicted octanol–water partition coefficient (Wildman–Crippen LogP) is 2.64. The Labute approximate surface area is 114 Å². The SMILES string of the molecule is C.C.[CH2-]c1nc(C)nc(CC)n1.[CH3-].[Y]. The van der Waals surface area contributed by atoms with Gasteiger partial charge in [0.2, 0.25) is 0 Å². The molecule has 0 bridgehead atoms. The first-order chi connectivity index (χ1) is 4.72. The molecule has 1 aromatic heterocycles. The van der Waals surface area contributed by atoms with Gasteiger partial charge in [0, 0.05) is 39.1 Å². The van der Waals surface area contributed by atoms with Crippen molar-refractivity contribution in [2.24, 2.45) is 0 Å². The van der Waals surface area contributed by atoms with Crippen molar-refractivity contribution in [2.75, 3.05) is 0 Å². The summed E-state index contributed by atoms with van der Waals surface area (Å²) in [4.78, 5) is 12.1. The van der Waals surface area contributed by atoms with E-state index in [0.29, 0.717) is 5.82 Å². The summed E-state index contributed by atoms with van der Waals surface area (Å²) >= 11 is 0. The quantitative estimate of drug-likeness (QED) is 0.738. The van der Waals surface area contributed by atoms with Crippen LogP contribution in [0.3, 0.4) is 0 Å². The van der Waals surface area contributed by atoms with Gasteiger partial charge in [-0.25, -0.2) is 4.98 Å². The third kappa shape index (κ3) is 7.39. The number of nitrogens with zero attached hydrogens (tertiary/aromatic N) is 3. The second-order valence-electron chi connectivity index (χ2n) is 2.07. The molecule has 0 N–H and O–H groups in total. The van der Waals surface area contributed by atoms with Gasteiger partial charge in [-0.05, 0) is 12.7 Å². The molecule has 14 heavy (non-hydrogen) atoms. The van der Waals surface area contributed by atoms with E-state index in [0.717, 1.165) is 18.1 Å². The van der Waals surface area contributed by atoms with Crippen molar-refractivity contribution >= 4 is 0 Å². The summed E-state index contributed by atoms with van der Waals surface area (Å²) in [5.41, 5.74) is 0. The Hall–Kier alpha value is -0.0161. The maximum absolute atomic E-state index is 4.09. The second kappa shape index (κ2) is 11.1. The normalized spacial score (nSPS) is 7.00. The second-order valence-corrected chi connectivity index (χ2v) is 2.07. The molecule has 0 amide bonds. The zero-order valence-corrected chi connectivity index (χ0v) is 10.7. The van der Waals surface area contributed by atoms with E-state index in [9.17, 15) is 0 Å². The summed E-state index contributed by atoms with van der Waals surface area (Å²) < 4.78 is 0. The van der Waals surface area contributed by atoms with Gasteiger partial charge in [-0.15, -0.1) is 0 Å². The maximum atomic E-state index is 4.09. The van der Waals surface area contributed by atoms with Crippen LogP contribution in [0.2, 0.25) is 0 Å². The van der Waals surface area contributed by atoms with E-state index in [1.807, 2.05) is 13.8 Å². The van der Waals surface area contributed by atoms with Crippen molar-refractivity contribution in [2.45, 2.75) is 35.1 Å². The van der Waals surface area contributed by atoms with Gasteiger partial charge >= 0.3 is 0 Å². The fourth-order valence-electron chi connectivity index (χ4n) is 0.756. The predicted molar refractivity (Wildman–Crippen MR) is 58.3 cm³/mol. The van der Waals surface area contributed by atoms with E-state index in [1.165, 1.54) is 0 Å². The third-order valence-corrected chi connectivity index (χ3v) is 1.16. The Kier molecular flexibility index (Phi) is 18.7. The van der Waals surface area contributed by atoms with Crippen LogP contribution in [0.15, 0.2) is 0 Å². The summed E-state index contributed by atoms with van der Waals surface area (Å²) in [6.07, 6.45) is 0.839. The summed E-state index contributed by atoms with van der Waals surface area (Å²) in [6.45, 7) is 7.48. The van der Waals surface area contributed by atoms with E-state index >= 15 is 0 Å². The molecule has 4 heteroatoms. The van der Waals surface area contributed by atoms with Crippen molar-refractivity contribution in [3.63, 3.8) is 0 Å². The van der Waals surface area contributed by atoms with Crippen LogP contribution in [0.4, 0.5) is 0 Å². The maximum Gasteiger partial charge on any atom is 0.129 e.